The predicted octanol–water partition coefficient (Wildman–Crippen LogP) is 3.77. The lowest BCUT2D eigenvalue weighted by Crippen LogP contribution is -2.40. The minimum absolute atomic E-state index is 0.0775. The van der Waals surface area contributed by atoms with E-state index in [1.165, 1.54) is 11.1 Å². The summed E-state index contributed by atoms with van der Waals surface area (Å²) in [7, 11) is 0. The highest BCUT2D eigenvalue weighted by Gasteiger charge is 2.29. The monoisotopic (exact) mass is 400 g/mol. The molecule has 0 N–H and O–H groups in total. The number of nitrogens with zero attached hydrogens (tertiary/aromatic N) is 1. The second kappa shape index (κ2) is 5.99. The molecule has 0 aliphatic carbocycles. The third-order valence-electron chi connectivity index (χ3n) is 4.85. The second-order valence-corrected chi connectivity index (χ2v) is 7.50. The van der Waals surface area contributed by atoms with Crippen molar-refractivity contribution in [2.45, 2.75) is 39.8 Å². The maximum atomic E-state index is 12.0. The van der Waals surface area contributed by atoms with Crippen molar-refractivity contribution in [1.29, 1.82) is 0 Å². The van der Waals surface area contributed by atoms with Gasteiger partial charge in [0.25, 0.3) is 0 Å². The molecule has 0 spiro atoms. The van der Waals surface area contributed by atoms with Crippen LogP contribution < -0.4 is 14.9 Å². The summed E-state index contributed by atoms with van der Waals surface area (Å²) in [6, 6.07) is 6.29. The summed E-state index contributed by atoms with van der Waals surface area (Å²) >= 11 is 3.33. The third-order valence-corrected chi connectivity index (χ3v) is 5.77. The molecule has 2 aromatic heterocycles. The lowest BCUT2D eigenvalue weighted by molar-refractivity contribution is -0.702. The third kappa shape index (κ3) is 2.76. The summed E-state index contributed by atoms with van der Waals surface area (Å²) < 4.78 is 14.3. The Morgan fingerprint density at radius 2 is 1.92 bits per heavy atom. The number of benzene rings is 1. The molecule has 0 bridgehead atoms. The van der Waals surface area contributed by atoms with Crippen LogP contribution in [0.15, 0.2) is 44.3 Å². The van der Waals surface area contributed by atoms with Gasteiger partial charge in [-0.1, -0.05) is 0 Å². The van der Waals surface area contributed by atoms with Crippen molar-refractivity contribution < 1.29 is 13.7 Å². The molecule has 5 heteroatoms. The van der Waals surface area contributed by atoms with Crippen LogP contribution in [0, 0.1) is 20.8 Å². The molecule has 4 rings (SSSR count). The maximum Gasteiger partial charge on any atom is 0.350 e. The number of ether oxygens (including phenoxy) is 1. The van der Waals surface area contributed by atoms with Gasteiger partial charge in [-0.3, -0.25) is 0 Å². The van der Waals surface area contributed by atoms with E-state index in [4.69, 9.17) is 9.15 Å². The zero-order valence-corrected chi connectivity index (χ0v) is 16.0. The lowest BCUT2D eigenvalue weighted by Gasteiger charge is -2.11. The van der Waals surface area contributed by atoms with Gasteiger partial charge in [-0.15, -0.1) is 0 Å². The average Bonchev–Trinajstić information content (AvgIpc) is 2.99. The van der Waals surface area contributed by atoms with Crippen LogP contribution in [0.1, 0.15) is 22.3 Å². The minimum atomic E-state index is -0.349. The highest BCUT2D eigenvalue weighted by atomic mass is 79.9. The number of aryl methyl sites for hydroxylation is 3. The van der Waals surface area contributed by atoms with Gasteiger partial charge in [-0.05, 0) is 59.5 Å². The molecule has 3 aromatic rings. The predicted molar refractivity (Wildman–Crippen MR) is 99.2 cm³/mol. The van der Waals surface area contributed by atoms with E-state index in [9.17, 15) is 4.79 Å². The molecule has 1 unspecified atom stereocenters. The first-order chi connectivity index (χ1) is 11.9. The zero-order chi connectivity index (χ0) is 17.7. The van der Waals surface area contributed by atoms with Gasteiger partial charge in [0, 0.05) is 29.5 Å². The van der Waals surface area contributed by atoms with Crippen LogP contribution in [-0.2, 0) is 13.0 Å². The van der Waals surface area contributed by atoms with Crippen LogP contribution in [0.4, 0.5) is 0 Å². The fourth-order valence-corrected chi connectivity index (χ4v) is 3.72. The first-order valence-electron chi connectivity index (χ1n) is 8.32. The van der Waals surface area contributed by atoms with Crippen molar-refractivity contribution in [3.63, 3.8) is 0 Å². The molecule has 4 nitrogen and oxygen atoms in total. The van der Waals surface area contributed by atoms with Crippen LogP contribution in [0.3, 0.4) is 0 Å². The molecule has 1 aliphatic rings. The van der Waals surface area contributed by atoms with Crippen molar-refractivity contribution in [2.24, 2.45) is 0 Å². The molecule has 0 amide bonds. The van der Waals surface area contributed by atoms with Gasteiger partial charge in [0.1, 0.15) is 15.8 Å². The molecular weight excluding hydrogens is 382 g/mol. The number of pyridine rings is 1. The van der Waals surface area contributed by atoms with Crippen molar-refractivity contribution in [3.8, 4) is 5.75 Å². The molecule has 3 heterocycles. The number of rotatable bonds is 2. The van der Waals surface area contributed by atoms with E-state index in [1.54, 1.807) is 0 Å². The summed E-state index contributed by atoms with van der Waals surface area (Å²) in [5, 5.41) is 0.968. The van der Waals surface area contributed by atoms with E-state index in [-0.39, 0.29) is 11.7 Å². The Hall–Kier alpha value is -2.14. The Bertz CT molecular complexity index is 1040. The lowest BCUT2D eigenvalue weighted by atomic mass is 10.0. The molecule has 0 fully saturated rings. The molecule has 1 atom stereocenters. The number of halogens is 1. The Morgan fingerprint density at radius 3 is 2.64 bits per heavy atom. The molecule has 0 saturated heterocycles. The topological polar surface area (TPSA) is 43.3 Å². The fourth-order valence-electron chi connectivity index (χ4n) is 3.43. The number of fused-ring (bicyclic) bond motifs is 2. The normalized spacial score (nSPS) is 16.1. The Morgan fingerprint density at radius 1 is 1.20 bits per heavy atom. The van der Waals surface area contributed by atoms with E-state index < -0.39 is 0 Å². The highest BCUT2D eigenvalue weighted by molar-refractivity contribution is 9.10. The standard InChI is InChI=1S/C20H19BrNO3/c1-11-4-6-22(7-5-11)10-15-8-14-9-16-12(2)17(21)20(23)25-19(16)13(3)18(14)24-15/h4-7,9,15H,8,10H2,1-3H3/q+1. The first-order valence-corrected chi connectivity index (χ1v) is 9.11. The van der Waals surface area contributed by atoms with Gasteiger partial charge in [-0.25, -0.2) is 9.36 Å². The molecule has 1 aromatic carbocycles. The van der Waals surface area contributed by atoms with E-state index in [2.05, 4.69) is 58.0 Å². The SMILES string of the molecule is Cc1cc[n+](CC2Cc3cc4c(C)c(Br)c(=O)oc4c(C)c3O2)cc1. The fraction of sp³-hybridized carbons (Fsp3) is 0.300. The minimum Gasteiger partial charge on any atom is -0.483 e. The van der Waals surface area contributed by atoms with Crippen LogP contribution >= 0.6 is 15.9 Å². The molecule has 0 saturated carbocycles. The summed E-state index contributed by atoms with van der Waals surface area (Å²) in [4.78, 5) is 12.0. The molecule has 0 radical (unpaired) electrons. The largest absolute Gasteiger partial charge is 0.483 e. The number of hydrogen-bond acceptors (Lipinski definition) is 3. The highest BCUT2D eigenvalue weighted by Crippen LogP contribution is 2.38. The zero-order valence-electron chi connectivity index (χ0n) is 14.4. The first kappa shape index (κ1) is 16.3. The van der Waals surface area contributed by atoms with E-state index >= 15 is 0 Å². The van der Waals surface area contributed by atoms with Gasteiger partial charge in [-0.2, -0.15) is 0 Å². The van der Waals surface area contributed by atoms with Crippen molar-refractivity contribution >= 4 is 26.9 Å². The Balaban J connectivity index is 1.72. The van der Waals surface area contributed by atoms with Crippen LogP contribution in [-0.4, -0.2) is 6.10 Å². The van der Waals surface area contributed by atoms with Gasteiger partial charge < -0.3 is 9.15 Å². The summed E-state index contributed by atoms with van der Waals surface area (Å²) in [6.45, 7) is 6.76. The van der Waals surface area contributed by atoms with E-state index in [0.717, 1.165) is 35.2 Å². The van der Waals surface area contributed by atoms with Gasteiger partial charge in [0.2, 0.25) is 0 Å². The van der Waals surface area contributed by atoms with Crippen LogP contribution in [0.25, 0.3) is 11.0 Å². The molecule has 1 aliphatic heterocycles. The summed E-state index contributed by atoms with van der Waals surface area (Å²) in [5.41, 5.74) is 4.49. The number of hydrogen-bond donors (Lipinski definition) is 0. The Labute approximate surface area is 154 Å². The van der Waals surface area contributed by atoms with Crippen molar-refractivity contribution in [2.75, 3.05) is 0 Å². The quantitative estimate of drug-likeness (QED) is 0.485. The van der Waals surface area contributed by atoms with Crippen molar-refractivity contribution in [1.82, 2.24) is 0 Å². The molecule has 128 valence electrons. The summed E-state index contributed by atoms with van der Waals surface area (Å²) in [6.07, 6.45) is 5.08. The van der Waals surface area contributed by atoms with Crippen LogP contribution in [0.2, 0.25) is 0 Å². The average molecular weight is 401 g/mol. The molecule has 25 heavy (non-hydrogen) atoms. The van der Waals surface area contributed by atoms with E-state index in [1.807, 2.05) is 13.8 Å². The smallest absolute Gasteiger partial charge is 0.350 e. The number of aromatic nitrogens is 1. The van der Waals surface area contributed by atoms with Gasteiger partial charge in [0.05, 0.1) is 0 Å². The second-order valence-electron chi connectivity index (χ2n) is 6.71. The van der Waals surface area contributed by atoms with E-state index in [0.29, 0.717) is 10.1 Å². The van der Waals surface area contributed by atoms with Crippen molar-refractivity contribution in [3.05, 3.63) is 67.7 Å². The van der Waals surface area contributed by atoms with Crippen LogP contribution in [0.5, 0.6) is 5.75 Å². The maximum absolute atomic E-state index is 12.0. The van der Waals surface area contributed by atoms with Gasteiger partial charge in [0.15, 0.2) is 25.0 Å². The summed E-state index contributed by atoms with van der Waals surface area (Å²) in [5.74, 6) is 0.857. The Kier molecular flexibility index (Phi) is 3.91. The van der Waals surface area contributed by atoms with Gasteiger partial charge >= 0.3 is 5.63 Å². The molecular formula is C20H19BrNO3+.